The second kappa shape index (κ2) is 8.57. The molecule has 26 heavy (non-hydrogen) atoms. The number of aromatic amines is 1. The van der Waals surface area contributed by atoms with Crippen LogP contribution in [0.2, 0.25) is 0 Å². The minimum absolute atomic E-state index is 0.148. The van der Waals surface area contributed by atoms with Crippen molar-refractivity contribution in [1.82, 2.24) is 25.8 Å². The van der Waals surface area contributed by atoms with E-state index < -0.39 is 0 Å². The van der Waals surface area contributed by atoms with Gasteiger partial charge in [0.15, 0.2) is 0 Å². The SMILES string of the molecule is O=C(CCNC(=O)c1cc(-c2ccccc2)n[nH]1)NCc1ccccn1. The molecule has 0 spiro atoms. The van der Waals surface area contributed by atoms with E-state index in [1.807, 2.05) is 48.5 Å². The Bertz CT molecular complexity index is 862. The molecule has 0 unspecified atom stereocenters. The second-order valence-corrected chi connectivity index (χ2v) is 5.64. The van der Waals surface area contributed by atoms with Crippen LogP contribution in [0.3, 0.4) is 0 Å². The minimum atomic E-state index is -0.294. The third-order valence-corrected chi connectivity index (χ3v) is 3.72. The molecule has 3 aromatic rings. The molecule has 0 aliphatic carbocycles. The van der Waals surface area contributed by atoms with Gasteiger partial charge in [0.25, 0.3) is 5.91 Å². The van der Waals surface area contributed by atoms with E-state index in [0.717, 1.165) is 11.3 Å². The van der Waals surface area contributed by atoms with Crippen molar-refractivity contribution >= 4 is 11.8 Å². The molecule has 0 radical (unpaired) electrons. The molecule has 3 rings (SSSR count). The van der Waals surface area contributed by atoms with Crippen molar-refractivity contribution in [1.29, 1.82) is 0 Å². The fourth-order valence-electron chi connectivity index (χ4n) is 2.36. The van der Waals surface area contributed by atoms with Crippen molar-refractivity contribution in [2.45, 2.75) is 13.0 Å². The summed E-state index contributed by atoms with van der Waals surface area (Å²) in [7, 11) is 0. The van der Waals surface area contributed by atoms with E-state index in [1.165, 1.54) is 0 Å². The molecule has 0 saturated carbocycles. The maximum absolute atomic E-state index is 12.1. The molecule has 2 heterocycles. The summed E-state index contributed by atoms with van der Waals surface area (Å²) in [6.07, 6.45) is 1.87. The normalized spacial score (nSPS) is 10.3. The first-order valence-corrected chi connectivity index (χ1v) is 8.28. The maximum atomic E-state index is 12.1. The van der Waals surface area contributed by atoms with Crippen LogP contribution in [0.1, 0.15) is 22.6 Å². The number of rotatable bonds is 7. The number of benzene rings is 1. The van der Waals surface area contributed by atoms with Gasteiger partial charge >= 0.3 is 0 Å². The number of hydrogen-bond acceptors (Lipinski definition) is 4. The first-order valence-electron chi connectivity index (χ1n) is 8.28. The Morgan fingerprint density at radius 1 is 1.00 bits per heavy atom. The standard InChI is InChI=1S/C19H19N5O2/c25-18(22-13-15-8-4-5-10-20-15)9-11-21-19(26)17-12-16(23-24-17)14-6-2-1-3-7-14/h1-8,10,12H,9,11,13H2,(H,21,26)(H,22,25)(H,23,24). The van der Waals surface area contributed by atoms with Crippen molar-refractivity contribution in [2.75, 3.05) is 6.54 Å². The van der Waals surface area contributed by atoms with Gasteiger partial charge in [-0.3, -0.25) is 19.7 Å². The second-order valence-electron chi connectivity index (χ2n) is 5.64. The minimum Gasteiger partial charge on any atom is -0.350 e. The van der Waals surface area contributed by atoms with E-state index in [2.05, 4.69) is 25.8 Å². The largest absolute Gasteiger partial charge is 0.350 e. The van der Waals surface area contributed by atoms with E-state index in [1.54, 1.807) is 12.3 Å². The van der Waals surface area contributed by atoms with Crippen molar-refractivity contribution in [3.63, 3.8) is 0 Å². The molecule has 132 valence electrons. The van der Waals surface area contributed by atoms with Crippen LogP contribution < -0.4 is 10.6 Å². The number of amides is 2. The summed E-state index contributed by atoms with van der Waals surface area (Å²) in [5, 5.41) is 12.3. The van der Waals surface area contributed by atoms with Crippen molar-refractivity contribution in [3.8, 4) is 11.3 Å². The van der Waals surface area contributed by atoms with Gasteiger partial charge in [-0.15, -0.1) is 0 Å². The highest BCUT2D eigenvalue weighted by atomic mass is 16.2. The van der Waals surface area contributed by atoms with Crippen molar-refractivity contribution in [3.05, 3.63) is 72.2 Å². The maximum Gasteiger partial charge on any atom is 0.269 e. The fourth-order valence-corrected chi connectivity index (χ4v) is 2.36. The lowest BCUT2D eigenvalue weighted by Gasteiger charge is -2.05. The Morgan fingerprint density at radius 2 is 1.81 bits per heavy atom. The molecule has 1 aromatic carbocycles. The van der Waals surface area contributed by atoms with Gasteiger partial charge in [-0.25, -0.2) is 0 Å². The van der Waals surface area contributed by atoms with Crippen LogP contribution >= 0.6 is 0 Å². The summed E-state index contributed by atoms with van der Waals surface area (Å²) in [6.45, 7) is 0.612. The highest BCUT2D eigenvalue weighted by molar-refractivity contribution is 5.93. The van der Waals surface area contributed by atoms with Gasteiger partial charge in [-0.05, 0) is 18.2 Å². The zero-order valence-corrected chi connectivity index (χ0v) is 14.1. The fraction of sp³-hybridized carbons (Fsp3) is 0.158. The Kier molecular flexibility index (Phi) is 5.72. The zero-order valence-electron chi connectivity index (χ0n) is 14.1. The van der Waals surface area contributed by atoms with Crippen LogP contribution in [-0.4, -0.2) is 33.5 Å². The van der Waals surface area contributed by atoms with Crippen LogP contribution in [0.25, 0.3) is 11.3 Å². The molecule has 0 aliphatic heterocycles. The number of nitrogens with one attached hydrogen (secondary N) is 3. The molecule has 3 N–H and O–H groups in total. The molecule has 2 aromatic heterocycles. The first-order chi connectivity index (χ1) is 12.7. The number of carbonyl (C=O) groups excluding carboxylic acids is 2. The first kappa shape index (κ1) is 17.3. The Balaban J connectivity index is 1.43. The molecule has 0 bridgehead atoms. The molecular weight excluding hydrogens is 330 g/mol. The lowest BCUT2D eigenvalue weighted by Crippen LogP contribution is -2.30. The summed E-state index contributed by atoms with van der Waals surface area (Å²) in [5.41, 5.74) is 2.77. The van der Waals surface area contributed by atoms with Crippen LogP contribution in [0.4, 0.5) is 0 Å². The number of aromatic nitrogens is 3. The molecule has 0 atom stereocenters. The number of H-pyrrole nitrogens is 1. The van der Waals surface area contributed by atoms with Crippen LogP contribution in [0, 0.1) is 0 Å². The summed E-state index contributed by atoms with van der Waals surface area (Å²) in [4.78, 5) is 28.1. The third-order valence-electron chi connectivity index (χ3n) is 3.72. The average molecular weight is 349 g/mol. The lowest BCUT2D eigenvalue weighted by atomic mass is 10.1. The van der Waals surface area contributed by atoms with Crippen LogP contribution in [-0.2, 0) is 11.3 Å². The number of hydrogen-bond donors (Lipinski definition) is 3. The van der Waals surface area contributed by atoms with Crippen molar-refractivity contribution < 1.29 is 9.59 Å². The number of nitrogens with zero attached hydrogens (tertiary/aromatic N) is 2. The highest BCUT2D eigenvalue weighted by Crippen LogP contribution is 2.16. The summed E-state index contributed by atoms with van der Waals surface area (Å²) in [6, 6.07) is 16.8. The van der Waals surface area contributed by atoms with Crippen LogP contribution in [0.5, 0.6) is 0 Å². The van der Waals surface area contributed by atoms with E-state index in [4.69, 9.17) is 0 Å². The summed E-state index contributed by atoms with van der Waals surface area (Å²) in [5.74, 6) is -0.442. The zero-order chi connectivity index (χ0) is 18.2. The van der Waals surface area contributed by atoms with Gasteiger partial charge in [0.2, 0.25) is 5.91 Å². The summed E-state index contributed by atoms with van der Waals surface area (Å²) >= 11 is 0. The predicted octanol–water partition coefficient (Wildman–Crippen LogP) is 1.91. The van der Waals surface area contributed by atoms with Gasteiger partial charge in [0.05, 0.1) is 17.9 Å². The lowest BCUT2D eigenvalue weighted by molar-refractivity contribution is -0.121. The monoisotopic (exact) mass is 349 g/mol. The van der Waals surface area contributed by atoms with E-state index in [-0.39, 0.29) is 24.8 Å². The van der Waals surface area contributed by atoms with E-state index in [9.17, 15) is 9.59 Å². The predicted molar refractivity (Wildman–Crippen MR) is 97.1 cm³/mol. The number of pyridine rings is 1. The molecular formula is C19H19N5O2. The molecule has 2 amide bonds. The van der Waals surface area contributed by atoms with Gasteiger partial charge in [0.1, 0.15) is 5.69 Å². The van der Waals surface area contributed by atoms with Crippen LogP contribution in [0.15, 0.2) is 60.8 Å². The Labute approximate surface area is 150 Å². The smallest absolute Gasteiger partial charge is 0.269 e. The van der Waals surface area contributed by atoms with Gasteiger partial charge in [0, 0.05) is 24.7 Å². The average Bonchev–Trinajstić information content (AvgIpc) is 3.18. The van der Waals surface area contributed by atoms with Gasteiger partial charge < -0.3 is 10.6 Å². The third kappa shape index (κ3) is 4.76. The van der Waals surface area contributed by atoms with E-state index >= 15 is 0 Å². The topological polar surface area (TPSA) is 99.8 Å². The molecule has 0 fully saturated rings. The molecule has 7 heteroatoms. The quantitative estimate of drug-likeness (QED) is 0.606. The Morgan fingerprint density at radius 3 is 2.58 bits per heavy atom. The van der Waals surface area contributed by atoms with Crippen molar-refractivity contribution in [2.24, 2.45) is 0 Å². The number of carbonyl (C=O) groups is 2. The highest BCUT2D eigenvalue weighted by Gasteiger charge is 2.11. The molecule has 0 saturated heterocycles. The van der Waals surface area contributed by atoms with Gasteiger partial charge in [-0.2, -0.15) is 5.10 Å². The Hall–Kier alpha value is -3.48. The van der Waals surface area contributed by atoms with Gasteiger partial charge in [-0.1, -0.05) is 36.4 Å². The molecule has 0 aliphatic rings. The van der Waals surface area contributed by atoms with E-state index in [0.29, 0.717) is 17.9 Å². The summed E-state index contributed by atoms with van der Waals surface area (Å²) < 4.78 is 0. The molecule has 7 nitrogen and oxygen atoms in total.